The Balaban J connectivity index is 1.41. The number of benzene rings is 2. The number of nitrogens with zero attached hydrogens (tertiary/aromatic N) is 3. The molecule has 1 aliphatic heterocycles. The SMILES string of the molecule is O=S(=O)(c1ccc(Cl)c(Cl)c1)N1CCN(c2nc(Cc3ccc(F)c(Cl)c3)cs2)CC1. The largest absolute Gasteiger partial charge is 0.345 e. The number of thiazole rings is 1. The smallest absolute Gasteiger partial charge is 0.243 e. The first-order valence-electron chi connectivity index (χ1n) is 9.32. The van der Waals surface area contributed by atoms with E-state index in [-0.39, 0.29) is 14.9 Å². The minimum Gasteiger partial charge on any atom is -0.345 e. The zero-order chi connectivity index (χ0) is 22.2. The molecule has 0 spiro atoms. The maximum atomic E-state index is 13.3. The van der Waals surface area contributed by atoms with Crippen LogP contribution in [-0.2, 0) is 16.4 Å². The van der Waals surface area contributed by atoms with Crippen molar-refractivity contribution in [3.8, 4) is 0 Å². The lowest BCUT2D eigenvalue weighted by Gasteiger charge is -2.33. The summed E-state index contributed by atoms with van der Waals surface area (Å²) in [6.45, 7) is 1.72. The second kappa shape index (κ2) is 9.21. The van der Waals surface area contributed by atoms with Gasteiger partial charge in [0.15, 0.2) is 5.13 Å². The average molecular weight is 521 g/mol. The van der Waals surface area contributed by atoms with Crippen molar-refractivity contribution < 1.29 is 12.8 Å². The Kier molecular flexibility index (Phi) is 6.76. The molecule has 0 amide bonds. The van der Waals surface area contributed by atoms with Gasteiger partial charge in [0.2, 0.25) is 10.0 Å². The van der Waals surface area contributed by atoms with E-state index in [0.29, 0.717) is 37.6 Å². The number of sulfonamides is 1. The quantitative estimate of drug-likeness (QED) is 0.455. The van der Waals surface area contributed by atoms with Crippen molar-refractivity contribution in [3.63, 3.8) is 0 Å². The van der Waals surface area contributed by atoms with E-state index in [0.717, 1.165) is 16.4 Å². The molecule has 4 rings (SSSR count). The Bertz CT molecular complexity index is 1210. The third-order valence-electron chi connectivity index (χ3n) is 4.95. The lowest BCUT2D eigenvalue weighted by Crippen LogP contribution is -2.48. The van der Waals surface area contributed by atoms with Crippen molar-refractivity contribution in [1.82, 2.24) is 9.29 Å². The summed E-state index contributed by atoms with van der Waals surface area (Å²) < 4.78 is 40.6. The van der Waals surface area contributed by atoms with Gasteiger partial charge in [-0.2, -0.15) is 4.31 Å². The number of hydrogen-bond acceptors (Lipinski definition) is 5. The number of aromatic nitrogens is 1. The van der Waals surface area contributed by atoms with Crippen molar-refractivity contribution in [2.24, 2.45) is 0 Å². The Morgan fingerprint density at radius 3 is 2.39 bits per heavy atom. The van der Waals surface area contributed by atoms with Crippen molar-refractivity contribution in [2.75, 3.05) is 31.1 Å². The van der Waals surface area contributed by atoms with E-state index in [2.05, 4.69) is 9.88 Å². The highest BCUT2D eigenvalue weighted by Crippen LogP contribution is 2.29. The molecule has 1 saturated heterocycles. The van der Waals surface area contributed by atoms with E-state index in [1.165, 1.54) is 39.9 Å². The topological polar surface area (TPSA) is 53.5 Å². The molecule has 5 nitrogen and oxygen atoms in total. The van der Waals surface area contributed by atoms with Gasteiger partial charge in [-0.1, -0.05) is 40.9 Å². The Labute approximate surface area is 199 Å². The van der Waals surface area contributed by atoms with Crippen LogP contribution in [0.15, 0.2) is 46.7 Å². The fourth-order valence-corrected chi connectivity index (χ4v) is 6.18. The molecule has 1 aliphatic rings. The van der Waals surface area contributed by atoms with Crippen LogP contribution in [0.5, 0.6) is 0 Å². The summed E-state index contributed by atoms with van der Waals surface area (Å²) in [6, 6.07) is 8.96. The van der Waals surface area contributed by atoms with Crippen LogP contribution >= 0.6 is 46.1 Å². The van der Waals surface area contributed by atoms with Crippen LogP contribution < -0.4 is 4.90 Å². The molecular weight excluding hydrogens is 504 g/mol. The Hall–Kier alpha value is -1.42. The van der Waals surface area contributed by atoms with Gasteiger partial charge in [0.05, 0.1) is 25.7 Å². The molecule has 11 heteroatoms. The molecule has 164 valence electrons. The molecule has 0 radical (unpaired) electrons. The van der Waals surface area contributed by atoms with Crippen LogP contribution in [0.4, 0.5) is 9.52 Å². The molecule has 0 saturated carbocycles. The normalized spacial score (nSPS) is 15.4. The summed E-state index contributed by atoms with van der Waals surface area (Å²) in [5.41, 5.74) is 1.73. The van der Waals surface area contributed by atoms with E-state index in [1.807, 2.05) is 5.38 Å². The molecule has 0 unspecified atom stereocenters. The number of hydrogen-bond donors (Lipinski definition) is 0. The zero-order valence-electron chi connectivity index (χ0n) is 16.1. The number of halogens is 4. The fraction of sp³-hybridized carbons (Fsp3) is 0.250. The van der Waals surface area contributed by atoms with Gasteiger partial charge in [0, 0.05) is 38.0 Å². The van der Waals surface area contributed by atoms with Gasteiger partial charge in [-0.25, -0.2) is 17.8 Å². The van der Waals surface area contributed by atoms with Crippen molar-refractivity contribution in [2.45, 2.75) is 11.3 Å². The van der Waals surface area contributed by atoms with Gasteiger partial charge in [-0.3, -0.25) is 0 Å². The predicted octanol–water partition coefficient (Wildman–Crippen LogP) is 5.34. The molecule has 1 fully saturated rings. The monoisotopic (exact) mass is 519 g/mol. The molecule has 2 heterocycles. The highest BCUT2D eigenvalue weighted by molar-refractivity contribution is 7.89. The summed E-state index contributed by atoms with van der Waals surface area (Å²) in [7, 11) is -3.65. The highest BCUT2D eigenvalue weighted by Gasteiger charge is 2.29. The molecule has 1 aromatic heterocycles. The van der Waals surface area contributed by atoms with Gasteiger partial charge in [-0.05, 0) is 35.9 Å². The lowest BCUT2D eigenvalue weighted by atomic mass is 10.1. The predicted molar refractivity (Wildman–Crippen MR) is 124 cm³/mol. The van der Waals surface area contributed by atoms with E-state index < -0.39 is 15.8 Å². The summed E-state index contributed by atoms with van der Waals surface area (Å²) in [6.07, 6.45) is 0.544. The van der Waals surface area contributed by atoms with Gasteiger partial charge in [0.25, 0.3) is 0 Å². The van der Waals surface area contributed by atoms with Crippen LogP contribution in [0.25, 0.3) is 0 Å². The zero-order valence-corrected chi connectivity index (χ0v) is 20.0. The Morgan fingerprint density at radius 2 is 1.71 bits per heavy atom. The lowest BCUT2D eigenvalue weighted by molar-refractivity contribution is 0.384. The molecule has 3 aromatic rings. The van der Waals surface area contributed by atoms with Crippen molar-refractivity contribution >= 4 is 61.3 Å². The molecule has 0 aliphatic carbocycles. The standard InChI is InChI=1S/C20H17Cl3FN3O2S2/c21-16-3-2-15(11-17(16)22)31(28,29)27-7-5-26(6-8-27)20-25-14(12-30-20)9-13-1-4-19(24)18(23)10-13/h1-4,10-12H,5-9H2. The summed E-state index contributed by atoms with van der Waals surface area (Å²) in [5.74, 6) is -0.446. The van der Waals surface area contributed by atoms with Gasteiger partial charge >= 0.3 is 0 Å². The van der Waals surface area contributed by atoms with E-state index in [4.69, 9.17) is 34.8 Å². The Morgan fingerprint density at radius 1 is 0.968 bits per heavy atom. The van der Waals surface area contributed by atoms with Crippen LogP contribution in [0.2, 0.25) is 15.1 Å². The first-order valence-corrected chi connectivity index (χ1v) is 12.8. The van der Waals surface area contributed by atoms with Crippen LogP contribution in [0.3, 0.4) is 0 Å². The molecule has 0 atom stereocenters. The second-order valence-corrected chi connectivity index (χ2v) is 11.0. The van der Waals surface area contributed by atoms with Crippen molar-refractivity contribution in [3.05, 3.63) is 73.9 Å². The summed E-state index contributed by atoms with van der Waals surface area (Å²) in [5, 5.41) is 3.39. The maximum Gasteiger partial charge on any atom is 0.243 e. The number of piperazine rings is 1. The maximum absolute atomic E-state index is 13.3. The molecule has 2 aromatic carbocycles. The molecular formula is C20H17Cl3FN3O2S2. The molecule has 0 bridgehead atoms. The molecule has 0 N–H and O–H groups in total. The van der Waals surface area contributed by atoms with Crippen LogP contribution in [-0.4, -0.2) is 43.9 Å². The fourth-order valence-electron chi connectivity index (χ4n) is 3.29. The van der Waals surface area contributed by atoms with Gasteiger partial charge in [0.1, 0.15) is 5.82 Å². The third kappa shape index (κ3) is 4.99. The van der Waals surface area contributed by atoms with Crippen molar-refractivity contribution in [1.29, 1.82) is 0 Å². The second-order valence-electron chi connectivity index (χ2n) is 7.01. The van der Waals surface area contributed by atoms with Crippen LogP contribution in [0.1, 0.15) is 11.3 Å². The first kappa shape index (κ1) is 22.8. The van der Waals surface area contributed by atoms with E-state index in [9.17, 15) is 12.8 Å². The summed E-state index contributed by atoms with van der Waals surface area (Å²) in [4.78, 5) is 6.85. The number of rotatable bonds is 5. The van der Waals surface area contributed by atoms with E-state index >= 15 is 0 Å². The molecule has 31 heavy (non-hydrogen) atoms. The minimum absolute atomic E-state index is 0.0901. The number of anilines is 1. The van der Waals surface area contributed by atoms with Gasteiger partial charge in [-0.15, -0.1) is 11.3 Å². The van der Waals surface area contributed by atoms with Gasteiger partial charge < -0.3 is 4.90 Å². The van der Waals surface area contributed by atoms with Crippen LogP contribution in [0, 0.1) is 5.82 Å². The highest BCUT2D eigenvalue weighted by atomic mass is 35.5. The minimum atomic E-state index is -3.65. The first-order chi connectivity index (χ1) is 14.7. The average Bonchev–Trinajstić information content (AvgIpc) is 3.21. The third-order valence-corrected chi connectivity index (χ3v) is 8.82. The van der Waals surface area contributed by atoms with E-state index in [1.54, 1.807) is 12.1 Å². The summed E-state index contributed by atoms with van der Waals surface area (Å²) >= 11 is 19.2.